The second kappa shape index (κ2) is 11.0. The predicted octanol–water partition coefficient (Wildman–Crippen LogP) is 2.65. The molecule has 2 aromatic rings. The minimum atomic E-state index is -0.437. The lowest BCUT2D eigenvalue weighted by atomic mass is 10.2. The van der Waals surface area contributed by atoms with Crippen LogP contribution in [0.4, 0.5) is 22.7 Å². The first-order chi connectivity index (χ1) is 20.8. The van der Waals surface area contributed by atoms with Gasteiger partial charge in [-0.2, -0.15) is 0 Å². The summed E-state index contributed by atoms with van der Waals surface area (Å²) < 4.78 is 0. The van der Waals surface area contributed by atoms with E-state index in [4.69, 9.17) is 0 Å². The molecule has 12 nitrogen and oxygen atoms in total. The third-order valence-electron chi connectivity index (χ3n) is 7.10. The number of hydrogen-bond acceptors (Lipinski definition) is 8. The zero-order valence-corrected chi connectivity index (χ0v) is 24.0. The van der Waals surface area contributed by atoms with E-state index >= 15 is 0 Å². The van der Waals surface area contributed by atoms with Gasteiger partial charge in [0.2, 0.25) is 0 Å². The molecule has 12 heteroatoms. The molecule has 0 aromatic heterocycles. The molecule has 0 saturated heterocycles. The lowest BCUT2D eigenvalue weighted by Gasteiger charge is -2.19. The number of rotatable bonds is 4. The summed E-state index contributed by atoms with van der Waals surface area (Å²) >= 11 is 0. The van der Waals surface area contributed by atoms with Gasteiger partial charge in [-0.05, 0) is 64.1 Å². The van der Waals surface area contributed by atoms with Crippen LogP contribution >= 0.6 is 0 Å². The maximum Gasteiger partial charge on any atom is 0.261 e. The molecule has 0 aliphatic carbocycles. The highest BCUT2D eigenvalue weighted by atomic mass is 16.2. The Morgan fingerprint density at radius 1 is 0.364 bits per heavy atom. The number of anilines is 4. The van der Waals surface area contributed by atoms with Crippen molar-refractivity contribution in [3.05, 3.63) is 95.1 Å². The van der Waals surface area contributed by atoms with E-state index in [0.717, 1.165) is 19.6 Å². The number of benzene rings is 2. The van der Waals surface area contributed by atoms with Crippen LogP contribution in [0.5, 0.6) is 0 Å². The van der Waals surface area contributed by atoms with Gasteiger partial charge in [-0.25, -0.2) is 19.6 Å². The summed E-state index contributed by atoms with van der Waals surface area (Å²) in [5.74, 6) is -3.38. The molecule has 44 heavy (non-hydrogen) atoms. The highest BCUT2D eigenvalue weighted by molar-refractivity contribution is 6.33. The molecule has 4 aliphatic heterocycles. The fraction of sp³-hybridized carbons (Fsp3) is 0.125. The molecular formula is C32H24N4O8. The van der Waals surface area contributed by atoms with Crippen molar-refractivity contribution in [3.63, 3.8) is 0 Å². The van der Waals surface area contributed by atoms with Gasteiger partial charge < -0.3 is 0 Å². The van der Waals surface area contributed by atoms with Crippen molar-refractivity contribution in [1.82, 2.24) is 0 Å². The van der Waals surface area contributed by atoms with E-state index in [1.54, 1.807) is 64.1 Å². The molecular weight excluding hydrogens is 568 g/mol. The van der Waals surface area contributed by atoms with Crippen LogP contribution in [0.3, 0.4) is 0 Å². The Bertz CT molecular complexity index is 1620. The second-order valence-corrected chi connectivity index (χ2v) is 10.3. The summed E-state index contributed by atoms with van der Waals surface area (Å²) in [6.45, 7) is 6.24. The van der Waals surface area contributed by atoms with Crippen LogP contribution in [-0.2, 0) is 38.4 Å². The van der Waals surface area contributed by atoms with Crippen LogP contribution in [0.2, 0.25) is 0 Å². The van der Waals surface area contributed by atoms with E-state index in [0.29, 0.717) is 45.0 Å². The summed E-state index contributed by atoms with van der Waals surface area (Å²) in [5.41, 5.74) is 2.69. The Balaban J connectivity index is 0.000000175. The lowest BCUT2D eigenvalue weighted by Crippen LogP contribution is -2.32. The monoisotopic (exact) mass is 592 g/mol. The Morgan fingerprint density at radius 3 is 0.727 bits per heavy atom. The topological polar surface area (TPSA) is 150 Å². The zero-order valence-electron chi connectivity index (χ0n) is 24.0. The number of carbonyl (C=O) groups is 8. The summed E-state index contributed by atoms with van der Waals surface area (Å²) in [7, 11) is 0. The minimum Gasteiger partial charge on any atom is -0.269 e. The van der Waals surface area contributed by atoms with E-state index < -0.39 is 47.3 Å². The first-order valence-electron chi connectivity index (χ1n) is 13.3. The molecule has 0 bridgehead atoms. The molecule has 6 rings (SSSR count). The molecule has 0 saturated carbocycles. The van der Waals surface area contributed by atoms with Gasteiger partial charge in [0.25, 0.3) is 47.3 Å². The molecule has 0 fully saturated rings. The fourth-order valence-corrected chi connectivity index (χ4v) is 4.87. The zero-order chi connectivity index (χ0) is 32.0. The van der Waals surface area contributed by atoms with Crippen molar-refractivity contribution >= 4 is 70.0 Å². The Hall–Kier alpha value is -6.04. The van der Waals surface area contributed by atoms with Crippen LogP contribution in [0, 0.1) is 0 Å². The van der Waals surface area contributed by atoms with Gasteiger partial charge in [-0.15, -0.1) is 0 Å². The van der Waals surface area contributed by atoms with Crippen molar-refractivity contribution < 1.29 is 38.4 Å². The van der Waals surface area contributed by atoms with E-state index in [2.05, 4.69) is 0 Å². The van der Waals surface area contributed by atoms with E-state index in [-0.39, 0.29) is 0 Å². The van der Waals surface area contributed by atoms with Gasteiger partial charge >= 0.3 is 0 Å². The predicted molar refractivity (Wildman–Crippen MR) is 158 cm³/mol. The number of hydrogen-bond donors (Lipinski definition) is 0. The maximum absolute atomic E-state index is 12.0. The van der Waals surface area contributed by atoms with Crippen LogP contribution in [-0.4, -0.2) is 47.3 Å². The number of nitrogens with zero attached hydrogens (tertiary/aromatic N) is 4. The van der Waals surface area contributed by atoms with Crippen molar-refractivity contribution in [3.8, 4) is 0 Å². The molecule has 2 aromatic carbocycles. The largest absolute Gasteiger partial charge is 0.269 e. The van der Waals surface area contributed by atoms with Crippen LogP contribution in [0.15, 0.2) is 95.1 Å². The molecule has 0 N–H and O–H groups in total. The molecule has 0 radical (unpaired) electrons. The van der Waals surface area contributed by atoms with Crippen LogP contribution in [0.25, 0.3) is 0 Å². The van der Waals surface area contributed by atoms with E-state index in [1.807, 2.05) is 0 Å². The first kappa shape index (κ1) is 29.5. The van der Waals surface area contributed by atoms with Gasteiger partial charge in [0.05, 0.1) is 22.7 Å². The highest BCUT2D eigenvalue weighted by Crippen LogP contribution is 2.30. The van der Waals surface area contributed by atoms with Gasteiger partial charge in [-0.3, -0.25) is 38.4 Å². The van der Waals surface area contributed by atoms with Gasteiger partial charge in [0, 0.05) is 46.6 Å². The smallest absolute Gasteiger partial charge is 0.261 e. The normalized spacial score (nSPS) is 18.3. The lowest BCUT2D eigenvalue weighted by molar-refractivity contribution is -0.122. The third-order valence-corrected chi connectivity index (χ3v) is 7.10. The van der Waals surface area contributed by atoms with Crippen molar-refractivity contribution in [2.75, 3.05) is 19.6 Å². The molecule has 8 amide bonds. The van der Waals surface area contributed by atoms with Crippen LogP contribution in [0.1, 0.15) is 27.7 Å². The van der Waals surface area contributed by atoms with Gasteiger partial charge in [-0.1, -0.05) is 12.1 Å². The fourth-order valence-electron chi connectivity index (χ4n) is 4.87. The summed E-state index contributed by atoms with van der Waals surface area (Å²) in [6.07, 6.45) is 5.03. The van der Waals surface area contributed by atoms with E-state index in [1.165, 1.54) is 36.4 Å². The Kier molecular flexibility index (Phi) is 7.35. The molecule has 4 aliphatic rings. The van der Waals surface area contributed by atoms with E-state index in [9.17, 15) is 38.4 Å². The quantitative estimate of drug-likeness (QED) is 0.492. The van der Waals surface area contributed by atoms with Crippen molar-refractivity contribution in [2.24, 2.45) is 0 Å². The number of carbonyl (C=O) groups excluding carboxylic acids is 8. The van der Waals surface area contributed by atoms with Gasteiger partial charge in [0.15, 0.2) is 0 Å². The SMILES string of the molecule is CC1=CC(=O)N(c2cccc(N3C(=O)C=C(C)C3=O)c2)C1=O.CC1=CC(=O)N(c2cccc(N3C(=O)C=C(C)C3=O)c2)C1=O. The molecule has 220 valence electrons. The average molecular weight is 593 g/mol. The summed E-state index contributed by atoms with van der Waals surface area (Å²) in [4.78, 5) is 99.6. The summed E-state index contributed by atoms with van der Waals surface area (Å²) in [6, 6.07) is 12.5. The highest BCUT2D eigenvalue weighted by Gasteiger charge is 2.34. The average Bonchev–Trinajstić information content (AvgIpc) is 3.58. The Labute approximate surface area is 250 Å². The number of amides is 8. The standard InChI is InChI=1S/2C16H12N2O4/c2*1-9-6-13(19)17(15(9)21)11-4-3-5-12(8-11)18-14(20)7-10(2)16(18)22/h2*3-8H,1-2H3. The summed E-state index contributed by atoms with van der Waals surface area (Å²) in [5, 5.41) is 0. The molecule has 0 unspecified atom stereocenters. The van der Waals surface area contributed by atoms with Gasteiger partial charge in [0.1, 0.15) is 0 Å². The molecule has 0 atom stereocenters. The number of imide groups is 4. The van der Waals surface area contributed by atoms with Crippen molar-refractivity contribution in [2.45, 2.75) is 27.7 Å². The Morgan fingerprint density at radius 2 is 0.568 bits per heavy atom. The van der Waals surface area contributed by atoms with Crippen LogP contribution < -0.4 is 19.6 Å². The molecule has 4 heterocycles. The first-order valence-corrected chi connectivity index (χ1v) is 13.3. The van der Waals surface area contributed by atoms with Crippen molar-refractivity contribution in [1.29, 1.82) is 0 Å². The second-order valence-electron chi connectivity index (χ2n) is 10.3. The third kappa shape index (κ3) is 4.98. The maximum atomic E-state index is 12.0. The molecule has 0 spiro atoms. The minimum absolute atomic E-state index is 0.325.